The first kappa shape index (κ1) is 26.0. The van der Waals surface area contributed by atoms with Gasteiger partial charge in [-0.05, 0) is 76.5 Å². The third-order valence-corrected chi connectivity index (χ3v) is 6.62. The highest BCUT2D eigenvalue weighted by Gasteiger charge is 2.56. The number of allylic oxidation sites excluding steroid dienone is 1. The fraction of sp³-hybridized carbons (Fsp3) is 0.560. The van der Waals surface area contributed by atoms with Crippen molar-refractivity contribution in [3.63, 3.8) is 0 Å². The van der Waals surface area contributed by atoms with Crippen LogP contribution in [0.2, 0.25) is 0 Å². The lowest BCUT2D eigenvalue weighted by molar-refractivity contribution is -0.144. The molecular weight excluding hydrogens is 484 g/mol. The van der Waals surface area contributed by atoms with E-state index in [9.17, 15) is 31.9 Å². The zero-order valence-electron chi connectivity index (χ0n) is 20.1. The summed E-state index contributed by atoms with van der Waals surface area (Å²) in [7, 11) is 0. The van der Waals surface area contributed by atoms with E-state index in [0.29, 0.717) is 24.5 Å². The van der Waals surface area contributed by atoms with E-state index in [0.717, 1.165) is 30.9 Å². The van der Waals surface area contributed by atoms with Gasteiger partial charge in [0.05, 0.1) is 17.5 Å². The van der Waals surface area contributed by atoms with E-state index in [2.05, 4.69) is 11.4 Å². The summed E-state index contributed by atoms with van der Waals surface area (Å²) in [5.41, 5.74) is -1.63. The number of ether oxygens (including phenoxy) is 2. The molecule has 0 unspecified atom stereocenters. The van der Waals surface area contributed by atoms with Gasteiger partial charge in [0.25, 0.3) is 0 Å². The first-order valence-electron chi connectivity index (χ1n) is 11.8. The van der Waals surface area contributed by atoms with Crippen molar-refractivity contribution >= 4 is 23.8 Å². The molecule has 3 saturated carbocycles. The Morgan fingerprint density at radius 2 is 1.67 bits per heavy atom. The molecule has 0 saturated heterocycles. The van der Waals surface area contributed by atoms with Gasteiger partial charge in [-0.1, -0.05) is 11.6 Å². The number of esters is 1. The Hall–Kier alpha value is -3.11. The maximum Gasteiger partial charge on any atom is 0.419 e. The number of benzene rings is 1. The topological polar surface area (TPSA) is 93.7 Å². The van der Waals surface area contributed by atoms with Crippen LogP contribution in [0.25, 0.3) is 0 Å². The molecule has 0 heterocycles. The van der Waals surface area contributed by atoms with E-state index in [1.807, 2.05) is 5.32 Å². The van der Waals surface area contributed by atoms with Crippen LogP contribution in [0.15, 0.2) is 29.8 Å². The number of alkyl carbamates (subject to hydrolysis) is 1. The first-order valence-corrected chi connectivity index (χ1v) is 11.8. The maximum atomic E-state index is 13.5. The van der Waals surface area contributed by atoms with Crippen molar-refractivity contribution in [3.05, 3.63) is 41.2 Å². The molecule has 0 aromatic heterocycles. The summed E-state index contributed by atoms with van der Waals surface area (Å²) >= 11 is 0. The largest absolute Gasteiger partial charge is 0.444 e. The zero-order chi connectivity index (χ0) is 26.4. The Morgan fingerprint density at radius 3 is 2.28 bits per heavy atom. The standard InChI is InChI=1S/C25H28F4N2O5/c1-24(2,3)36-23(34)31-20-15-8-7-14(16(15)10-12-4-5-12)19(20)21(32)35-22(33)30-13-6-9-18(26)17(11-13)25(27,28)29/h6,9-12,14-15,19-20H,4-5,7-8H2,1-3H3,(H,30,33)(H,31,34)/b16-10-/t14-,15+,19-,20+/m0/s1. The van der Waals surface area contributed by atoms with Gasteiger partial charge in [0, 0.05) is 11.6 Å². The van der Waals surface area contributed by atoms with Gasteiger partial charge >= 0.3 is 24.3 Å². The lowest BCUT2D eigenvalue weighted by Gasteiger charge is -2.30. The van der Waals surface area contributed by atoms with Gasteiger partial charge in [0.15, 0.2) is 0 Å². The number of halogens is 4. The van der Waals surface area contributed by atoms with E-state index in [1.54, 1.807) is 20.8 Å². The molecule has 3 aliphatic rings. The van der Waals surface area contributed by atoms with Gasteiger partial charge in [-0.25, -0.2) is 14.0 Å². The quantitative estimate of drug-likeness (QED) is 0.230. The zero-order valence-corrected chi connectivity index (χ0v) is 20.1. The van der Waals surface area contributed by atoms with Gasteiger partial charge in [0.2, 0.25) is 0 Å². The Kier molecular flexibility index (Phi) is 6.78. The maximum absolute atomic E-state index is 13.5. The Labute approximate surface area is 205 Å². The lowest BCUT2D eigenvalue weighted by Crippen LogP contribution is -2.49. The van der Waals surface area contributed by atoms with Crippen molar-refractivity contribution in [2.45, 2.75) is 64.3 Å². The second-order valence-corrected chi connectivity index (χ2v) is 10.5. The summed E-state index contributed by atoms with van der Waals surface area (Å²) in [4.78, 5) is 38.0. The van der Waals surface area contributed by atoms with Crippen LogP contribution in [0.3, 0.4) is 0 Å². The van der Waals surface area contributed by atoms with Gasteiger partial charge in [-0.2, -0.15) is 13.2 Å². The molecular formula is C25H28F4N2O5. The number of anilines is 1. The predicted octanol–water partition coefficient (Wildman–Crippen LogP) is 5.81. The lowest BCUT2D eigenvalue weighted by atomic mass is 9.84. The molecule has 196 valence electrons. The van der Waals surface area contributed by atoms with Gasteiger partial charge < -0.3 is 14.8 Å². The Balaban J connectivity index is 1.49. The van der Waals surface area contributed by atoms with Crippen LogP contribution in [0.1, 0.15) is 52.0 Å². The molecule has 4 atom stereocenters. The van der Waals surface area contributed by atoms with Crippen LogP contribution in [0.4, 0.5) is 32.8 Å². The fourth-order valence-electron chi connectivity index (χ4n) is 5.09. The number of alkyl halides is 3. The third-order valence-electron chi connectivity index (χ3n) is 6.62. The Bertz CT molecular complexity index is 1090. The monoisotopic (exact) mass is 512 g/mol. The molecule has 0 aliphatic heterocycles. The highest BCUT2D eigenvalue weighted by Crippen LogP contribution is 2.54. The summed E-state index contributed by atoms with van der Waals surface area (Å²) in [6.45, 7) is 5.13. The van der Waals surface area contributed by atoms with Crippen molar-refractivity contribution in [3.8, 4) is 0 Å². The summed E-state index contributed by atoms with van der Waals surface area (Å²) in [5, 5.41) is 4.82. The molecule has 4 rings (SSSR count). The minimum absolute atomic E-state index is 0.102. The normalized spacial score (nSPS) is 26.6. The highest BCUT2D eigenvalue weighted by atomic mass is 19.4. The van der Waals surface area contributed by atoms with Crippen LogP contribution in [0.5, 0.6) is 0 Å². The molecule has 2 bridgehead atoms. The molecule has 1 aromatic rings. The van der Waals surface area contributed by atoms with Crippen LogP contribution < -0.4 is 10.6 Å². The predicted molar refractivity (Wildman–Crippen MR) is 120 cm³/mol. The second kappa shape index (κ2) is 9.40. The van der Waals surface area contributed by atoms with Crippen molar-refractivity contribution in [2.75, 3.05) is 5.32 Å². The number of carbonyl (C=O) groups is 3. The molecule has 36 heavy (non-hydrogen) atoms. The molecule has 11 heteroatoms. The number of nitrogens with one attached hydrogen (secondary N) is 2. The molecule has 7 nitrogen and oxygen atoms in total. The molecule has 3 aliphatic carbocycles. The second-order valence-electron chi connectivity index (χ2n) is 10.5. The molecule has 3 fully saturated rings. The van der Waals surface area contributed by atoms with Gasteiger partial charge in [-0.3, -0.25) is 10.1 Å². The number of hydrogen-bond acceptors (Lipinski definition) is 5. The number of amides is 2. The van der Waals surface area contributed by atoms with Crippen molar-refractivity contribution in [1.82, 2.24) is 5.32 Å². The smallest absolute Gasteiger partial charge is 0.419 e. The number of fused-ring (bicyclic) bond motifs is 2. The van der Waals surface area contributed by atoms with Crippen LogP contribution >= 0.6 is 0 Å². The summed E-state index contributed by atoms with van der Waals surface area (Å²) in [5.74, 6) is -3.14. The summed E-state index contributed by atoms with van der Waals surface area (Å²) < 4.78 is 62.7. The SMILES string of the molecule is CC(C)(C)OC(=O)N[C@H]1[C@@H](C(=O)OC(=O)Nc2ccc(F)c(C(F)(F)F)c2)[C@H]2CC[C@@H]1/C2=C\C1CC1. The molecule has 2 amide bonds. The van der Waals surface area contributed by atoms with E-state index in [4.69, 9.17) is 9.47 Å². The van der Waals surface area contributed by atoms with E-state index in [-0.39, 0.29) is 17.5 Å². The van der Waals surface area contributed by atoms with E-state index >= 15 is 0 Å². The number of carbonyl (C=O) groups excluding carboxylic acids is 3. The molecule has 0 radical (unpaired) electrons. The minimum Gasteiger partial charge on any atom is -0.444 e. The number of rotatable bonds is 4. The average molecular weight is 513 g/mol. The summed E-state index contributed by atoms with van der Waals surface area (Å²) in [6.07, 6.45) is -1.25. The van der Waals surface area contributed by atoms with Crippen molar-refractivity contribution in [2.24, 2.45) is 23.7 Å². The highest BCUT2D eigenvalue weighted by molar-refractivity contribution is 5.94. The average Bonchev–Trinajstić information content (AvgIpc) is 3.40. The van der Waals surface area contributed by atoms with Crippen LogP contribution in [-0.2, 0) is 20.4 Å². The first-order chi connectivity index (χ1) is 16.7. The van der Waals surface area contributed by atoms with Gasteiger partial charge in [0.1, 0.15) is 11.4 Å². The van der Waals surface area contributed by atoms with Crippen LogP contribution in [0, 0.1) is 29.5 Å². The molecule has 2 N–H and O–H groups in total. The van der Waals surface area contributed by atoms with Gasteiger partial charge in [-0.15, -0.1) is 0 Å². The Morgan fingerprint density at radius 1 is 1.00 bits per heavy atom. The fourth-order valence-corrected chi connectivity index (χ4v) is 5.09. The molecule has 0 spiro atoms. The summed E-state index contributed by atoms with van der Waals surface area (Å²) in [6, 6.07) is 1.26. The van der Waals surface area contributed by atoms with Crippen molar-refractivity contribution in [1.29, 1.82) is 0 Å². The number of hydrogen-bond donors (Lipinski definition) is 2. The van der Waals surface area contributed by atoms with E-state index in [1.165, 1.54) is 0 Å². The van der Waals surface area contributed by atoms with Crippen LogP contribution in [-0.4, -0.2) is 29.8 Å². The third kappa shape index (κ3) is 5.82. The minimum atomic E-state index is -4.96. The molecule has 1 aromatic carbocycles. The van der Waals surface area contributed by atoms with E-state index < -0.39 is 53.3 Å². The van der Waals surface area contributed by atoms with Crippen molar-refractivity contribution < 1.29 is 41.4 Å².